The number of hydrogen-bond donors (Lipinski definition) is 0. The number of halogens is 2. The minimum atomic E-state index is -0.0309. The quantitative estimate of drug-likeness (QED) is 0.517. The van der Waals surface area contributed by atoms with Crippen molar-refractivity contribution in [2.24, 2.45) is 0 Å². The summed E-state index contributed by atoms with van der Waals surface area (Å²) in [5.41, 5.74) is 0. The summed E-state index contributed by atoms with van der Waals surface area (Å²) in [6, 6.07) is 0. The zero-order valence-corrected chi connectivity index (χ0v) is 5.59. The van der Waals surface area contributed by atoms with Crippen LogP contribution in [0, 0.1) is 0 Å². The van der Waals surface area contributed by atoms with E-state index in [9.17, 15) is 4.79 Å². The van der Waals surface area contributed by atoms with Crippen LogP contribution in [0.2, 0.25) is 0 Å². The SMILES string of the molecule is O=C1CCC(Cl)=C1Cl. The maximum Gasteiger partial charge on any atom is 0.175 e. The second-order valence-corrected chi connectivity index (χ2v) is 2.48. The van der Waals surface area contributed by atoms with Crippen LogP contribution in [-0.4, -0.2) is 5.78 Å². The Morgan fingerprint density at radius 2 is 1.88 bits per heavy atom. The molecule has 0 atom stereocenters. The minimum Gasteiger partial charge on any atom is -0.293 e. The molecule has 1 rings (SSSR count). The van der Waals surface area contributed by atoms with Crippen LogP contribution in [-0.2, 0) is 4.79 Å². The third-order valence-corrected chi connectivity index (χ3v) is 1.97. The van der Waals surface area contributed by atoms with E-state index in [2.05, 4.69) is 0 Å². The van der Waals surface area contributed by atoms with Gasteiger partial charge >= 0.3 is 0 Å². The summed E-state index contributed by atoms with van der Waals surface area (Å²) < 4.78 is 0. The third-order valence-electron chi connectivity index (χ3n) is 1.05. The van der Waals surface area contributed by atoms with Crippen molar-refractivity contribution >= 4 is 29.0 Å². The highest BCUT2D eigenvalue weighted by atomic mass is 35.5. The monoisotopic (exact) mass is 150 g/mol. The largest absolute Gasteiger partial charge is 0.293 e. The standard InChI is InChI=1S/C5H4Cl2O/c6-3-1-2-4(8)5(3)7/h1-2H2. The first kappa shape index (κ1) is 6.12. The van der Waals surface area contributed by atoms with Crippen molar-refractivity contribution in [3.8, 4) is 0 Å². The predicted octanol–water partition coefficient (Wildman–Crippen LogP) is 2.04. The van der Waals surface area contributed by atoms with Crippen molar-refractivity contribution in [3.05, 3.63) is 10.1 Å². The molecule has 44 valence electrons. The van der Waals surface area contributed by atoms with Gasteiger partial charge in [0, 0.05) is 11.5 Å². The maximum atomic E-state index is 10.5. The van der Waals surface area contributed by atoms with Crippen LogP contribution in [0.15, 0.2) is 10.1 Å². The molecule has 0 amide bonds. The third kappa shape index (κ3) is 0.884. The maximum absolute atomic E-state index is 10.5. The Balaban J connectivity index is 2.86. The summed E-state index contributed by atoms with van der Waals surface area (Å²) in [6.07, 6.45) is 1.11. The minimum absolute atomic E-state index is 0.0309. The Hall–Kier alpha value is -0.0100. The van der Waals surface area contributed by atoms with Gasteiger partial charge in [-0.15, -0.1) is 0 Å². The van der Waals surface area contributed by atoms with Gasteiger partial charge in [0.05, 0.1) is 5.03 Å². The number of rotatable bonds is 0. The zero-order valence-electron chi connectivity index (χ0n) is 4.08. The normalized spacial score (nSPS) is 20.5. The Kier molecular flexibility index (Phi) is 1.59. The molecule has 0 aromatic rings. The van der Waals surface area contributed by atoms with Gasteiger partial charge in [-0.2, -0.15) is 0 Å². The number of ketones is 1. The molecule has 0 N–H and O–H groups in total. The molecule has 0 saturated carbocycles. The molecule has 0 heterocycles. The van der Waals surface area contributed by atoms with Gasteiger partial charge in [0.25, 0.3) is 0 Å². The average Bonchev–Trinajstić information content (AvgIpc) is 1.98. The fourth-order valence-corrected chi connectivity index (χ4v) is 0.983. The van der Waals surface area contributed by atoms with Crippen molar-refractivity contribution in [2.45, 2.75) is 12.8 Å². The van der Waals surface area contributed by atoms with E-state index in [1.165, 1.54) is 0 Å². The Bertz CT molecular complexity index is 160. The van der Waals surface area contributed by atoms with Gasteiger partial charge in [-0.1, -0.05) is 23.2 Å². The van der Waals surface area contributed by atoms with E-state index >= 15 is 0 Å². The Labute approximate surface area is 57.3 Å². The lowest BCUT2D eigenvalue weighted by atomic mass is 10.3. The van der Waals surface area contributed by atoms with Crippen molar-refractivity contribution < 1.29 is 4.79 Å². The highest BCUT2D eigenvalue weighted by molar-refractivity contribution is 6.49. The zero-order chi connectivity index (χ0) is 6.15. The molecule has 0 aromatic carbocycles. The van der Waals surface area contributed by atoms with Crippen LogP contribution in [0.5, 0.6) is 0 Å². The predicted molar refractivity (Wildman–Crippen MR) is 33.0 cm³/mol. The molecule has 0 fully saturated rings. The van der Waals surface area contributed by atoms with E-state index in [1.54, 1.807) is 0 Å². The summed E-state index contributed by atoms with van der Waals surface area (Å²) in [6.45, 7) is 0. The molecule has 1 nitrogen and oxygen atoms in total. The molecule has 1 aliphatic carbocycles. The lowest BCUT2D eigenvalue weighted by Gasteiger charge is -1.80. The summed E-state index contributed by atoms with van der Waals surface area (Å²) in [5, 5.41) is 0.739. The first-order chi connectivity index (χ1) is 3.72. The molecular formula is C5H4Cl2O. The molecule has 0 radical (unpaired) electrons. The van der Waals surface area contributed by atoms with E-state index in [0.29, 0.717) is 17.9 Å². The Morgan fingerprint density at radius 3 is 2.00 bits per heavy atom. The second kappa shape index (κ2) is 2.08. The summed E-state index contributed by atoms with van der Waals surface area (Å²) >= 11 is 10.9. The van der Waals surface area contributed by atoms with Crippen molar-refractivity contribution in [1.82, 2.24) is 0 Å². The van der Waals surface area contributed by atoms with Crippen LogP contribution < -0.4 is 0 Å². The second-order valence-electron chi connectivity index (χ2n) is 1.64. The number of hydrogen-bond acceptors (Lipinski definition) is 1. The van der Waals surface area contributed by atoms with E-state index in [-0.39, 0.29) is 10.8 Å². The highest BCUT2D eigenvalue weighted by Crippen LogP contribution is 2.27. The topological polar surface area (TPSA) is 17.1 Å². The van der Waals surface area contributed by atoms with E-state index in [4.69, 9.17) is 23.2 Å². The number of allylic oxidation sites excluding steroid dienone is 2. The number of Topliss-reactive ketones (excluding diaryl/α,β-unsaturated/α-hetero) is 1. The number of carbonyl (C=O) groups is 1. The molecule has 3 heteroatoms. The first-order valence-electron chi connectivity index (χ1n) is 2.29. The van der Waals surface area contributed by atoms with Gasteiger partial charge < -0.3 is 0 Å². The van der Waals surface area contributed by atoms with E-state index in [1.807, 2.05) is 0 Å². The number of carbonyl (C=O) groups excluding carboxylic acids is 1. The van der Waals surface area contributed by atoms with Crippen LogP contribution in [0.4, 0.5) is 0 Å². The first-order valence-corrected chi connectivity index (χ1v) is 3.05. The van der Waals surface area contributed by atoms with Gasteiger partial charge in [-0.3, -0.25) is 4.79 Å². The Morgan fingerprint density at radius 1 is 1.25 bits per heavy atom. The van der Waals surface area contributed by atoms with Gasteiger partial charge in [-0.05, 0) is 6.42 Å². The van der Waals surface area contributed by atoms with E-state index in [0.717, 1.165) is 0 Å². The van der Waals surface area contributed by atoms with Crippen molar-refractivity contribution in [3.63, 3.8) is 0 Å². The van der Waals surface area contributed by atoms with Crippen LogP contribution in [0.25, 0.3) is 0 Å². The lowest BCUT2D eigenvalue weighted by molar-refractivity contribution is -0.114. The van der Waals surface area contributed by atoms with Crippen LogP contribution in [0.3, 0.4) is 0 Å². The molecule has 0 spiro atoms. The van der Waals surface area contributed by atoms with Crippen molar-refractivity contribution in [2.75, 3.05) is 0 Å². The lowest BCUT2D eigenvalue weighted by Crippen LogP contribution is -1.86. The molecule has 1 aliphatic rings. The van der Waals surface area contributed by atoms with Gasteiger partial charge in [0.1, 0.15) is 0 Å². The summed E-state index contributed by atoms with van der Waals surface area (Å²) in [7, 11) is 0. The molecular weight excluding hydrogens is 147 g/mol. The molecule has 0 unspecified atom stereocenters. The fourth-order valence-electron chi connectivity index (χ4n) is 0.594. The smallest absolute Gasteiger partial charge is 0.175 e. The fraction of sp³-hybridized carbons (Fsp3) is 0.400. The molecule has 0 saturated heterocycles. The summed E-state index contributed by atoms with van der Waals surface area (Å²) in [4.78, 5) is 10.5. The summed E-state index contributed by atoms with van der Waals surface area (Å²) in [5.74, 6) is -0.0309. The van der Waals surface area contributed by atoms with Gasteiger partial charge in [-0.25, -0.2) is 0 Å². The van der Waals surface area contributed by atoms with Crippen molar-refractivity contribution in [1.29, 1.82) is 0 Å². The van der Waals surface area contributed by atoms with Gasteiger partial charge in [0.2, 0.25) is 0 Å². The molecule has 0 aromatic heterocycles. The molecule has 0 aliphatic heterocycles. The van der Waals surface area contributed by atoms with Crippen LogP contribution >= 0.6 is 23.2 Å². The van der Waals surface area contributed by atoms with Gasteiger partial charge in [0.15, 0.2) is 5.78 Å². The highest BCUT2D eigenvalue weighted by Gasteiger charge is 2.18. The average molecular weight is 151 g/mol. The molecule has 0 bridgehead atoms. The molecule has 8 heavy (non-hydrogen) atoms. The van der Waals surface area contributed by atoms with E-state index < -0.39 is 0 Å². The van der Waals surface area contributed by atoms with Crippen LogP contribution in [0.1, 0.15) is 12.8 Å².